The van der Waals surface area contributed by atoms with Crippen molar-refractivity contribution in [1.82, 2.24) is 15.3 Å². The van der Waals surface area contributed by atoms with Crippen LogP contribution < -0.4 is 16.4 Å². The molecule has 4 N–H and O–H groups in total. The number of aromatic nitrogens is 2. The van der Waals surface area contributed by atoms with Crippen LogP contribution in [0.4, 0.5) is 10.7 Å². The molecular formula is C13H19N5O4. The van der Waals surface area contributed by atoms with Gasteiger partial charge in [-0.05, 0) is 18.4 Å². The summed E-state index contributed by atoms with van der Waals surface area (Å²) in [5.41, 5.74) is 5.01. The van der Waals surface area contributed by atoms with Gasteiger partial charge >= 0.3 is 12.0 Å². The second kappa shape index (κ2) is 8.55. The number of nitrogens with two attached hydrogens (primary N) is 1. The number of primary amides is 1. The predicted molar refractivity (Wildman–Crippen MR) is 77.6 cm³/mol. The fourth-order valence-electron chi connectivity index (χ4n) is 1.62. The molecule has 0 unspecified atom stereocenters. The number of anilines is 1. The minimum absolute atomic E-state index is 0.109. The van der Waals surface area contributed by atoms with E-state index in [0.717, 1.165) is 0 Å². The highest BCUT2D eigenvalue weighted by molar-refractivity contribution is 5.92. The first-order valence-electron chi connectivity index (χ1n) is 6.68. The van der Waals surface area contributed by atoms with Crippen LogP contribution in [-0.2, 0) is 14.3 Å². The van der Waals surface area contributed by atoms with E-state index >= 15 is 0 Å². The largest absolute Gasteiger partial charge is 0.454 e. The molecule has 1 aromatic rings. The first-order valence-corrected chi connectivity index (χ1v) is 6.68. The summed E-state index contributed by atoms with van der Waals surface area (Å²) in [5.74, 6) is -1.06. The summed E-state index contributed by atoms with van der Waals surface area (Å²) in [4.78, 5) is 42.0. The normalized spacial score (nSPS) is 11.6. The Hall–Kier alpha value is -2.71. The van der Waals surface area contributed by atoms with Crippen molar-refractivity contribution in [2.24, 2.45) is 11.7 Å². The van der Waals surface area contributed by atoms with Crippen molar-refractivity contribution in [3.63, 3.8) is 0 Å². The topological polar surface area (TPSA) is 136 Å². The van der Waals surface area contributed by atoms with E-state index < -0.39 is 30.6 Å². The van der Waals surface area contributed by atoms with Gasteiger partial charge in [0.2, 0.25) is 5.95 Å². The average molecular weight is 309 g/mol. The van der Waals surface area contributed by atoms with Gasteiger partial charge in [-0.3, -0.25) is 10.1 Å². The summed E-state index contributed by atoms with van der Waals surface area (Å²) in [7, 11) is 0. The van der Waals surface area contributed by atoms with E-state index in [2.05, 4.69) is 20.6 Å². The lowest BCUT2D eigenvalue weighted by molar-refractivity contribution is -0.149. The van der Waals surface area contributed by atoms with Gasteiger partial charge in [-0.1, -0.05) is 13.8 Å². The van der Waals surface area contributed by atoms with Crippen LogP contribution in [0.25, 0.3) is 0 Å². The Labute approximate surface area is 127 Å². The number of hydrogen-bond acceptors (Lipinski definition) is 6. The molecule has 0 aliphatic carbocycles. The lowest BCUT2D eigenvalue weighted by Crippen LogP contribution is -2.45. The van der Waals surface area contributed by atoms with Gasteiger partial charge in [-0.25, -0.2) is 19.6 Å². The molecule has 0 fully saturated rings. The Bertz CT molecular complexity index is 520. The highest BCUT2D eigenvalue weighted by Gasteiger charge is 2.23. The lowest BCUT2D eigenvalue weighted by atomic mass is 10.0. The number of hydrogen-bond donors (Lipinski definition) is 3. The van der Waals surface area contributed by atoms with Crippen molar-refractivity contribution < 1.29 is 19.1 Å². The third kappa shape index (κ3) is 6.64. The van der Waals surface area contributed by atoms with Gasteiger partial charge in [0.1, 0.15) is 6.04 Å². The van der Waals surface area contributed by atoms with E-state index in [4.69, 9.17) is 10.5 Å². The highest BCUT2D eigenvalue weighted by Crippen LogP contribution is 2.06. The van der Waals surface area contributed by atoms with E-state index in [-0.39, 0.29) is 11.9 Å². The molecule has 3 amide bonds. The van der Waals surface area contributed by atoms with Crippen molar-refractivity contribution in [3.8, 4) is 0 Å². The molecule has 120 valence electrons. The Morgan fingerprint density at radius 2 is 1.91 bits per heavy atom. The van der Waals surface area contributed by atoms with Crippen molar-refractivity contribution in [3.05, 3.63) is 18.5 Å². The molecule has 1 rings (SSSR count). The predicted octanol–water partition coefficient (Wildman–Crippen LogP) is 0.0413. The Kier molecular flexibility index (Phi) is 6.74. The second-order valence-corrected chi connectivity index (χ2v) is 4.92. The maximum atomic E-state index is 11.9. The van der Waals surface area contributed by atoms with E-state index in [1.54, 1.807) is 6.07 Å². The Balaban J connectivity index is 2.47. The fourth-order valence-corrected chi connectivity index (χ4v) is 1.62. The van der Waals surface area contributed by atoms with Gasteiger partial charge in [-0.15, -0.1) is 0 Å². The third-order valence-corrected chi connectivity index (χ3v) is 2.47. The zero-order valence-corrected chi connectivity index (χ0v) is 12.4. The molecule has 9 nitrogen and oxygen atoms in total. The standard InChI is InChI=1S/C13H19N5O4/c1-8(2)6-9(17-12(14)21)11(20)22-7-10(19)18-13-15-4-3-5-16-13/h3-5,8-9H,6-7H2,1-2H3,(H3,14,17,21)(H,15,16,18,19)/t9-/m0/s1. The van der Waals surface area contributed by atoms with Crippen LogP contribution >= 0.6 is 0 Å². The molecule has 1 aromatic heterocycles. The highest BCUT2D eigenvalue weighted by atomic mass is 16.5. The quantitative estimate of drug-likeness (QED) is 0.608. The monoisotopic (exact) mass is 309 g/mol. The van der Waals surface area contributed by atoms with Gasteiger partial charge in [0.05, 0.1) is 0 Å². The molecule has 0 saturated heterocycles. The first-order chi connectivity index (χ1) is 10.4. The van der Waals surface area contributed by atoms with Crippen LogP contribution in [0.1, 0.15) is 20.3 Å². The first kappa shape index (κ1) is 17.3. The summed E-state index contributed by atoms with van der Waals surface area (Å²) in [6.07, 6.45) is 3.28. The summed E-state index contributed by atoms with van der Waals surface area (Å²) >= 11 is 0. The molecule has 0 aliphatic rings. The number of nitrogens with zero attached hydrogens (tertiary/aromatic N) is 2. The smallest absolute Gasteiger partial charge is 0.329 e. The SMILES string of the molecule is CC(C)C[C@H](NC(N)=O)C(=O)OCC(=O)Nc1ncccn1. The van der Waals surface area contributed by atoms with Gasteiger partial charge in [0, 0.05) is 12.4 Å². The van der Waals surface area contributed by atoms with Crippen molar-refractivity contribution in [2.75, 3.05) is 11.9 Å². The molecule has 1 heterocycles. The van der Waals surface area contributed by atoms with Crippen LogP contribution in [0.5, 0.6) is 0 Å². The summed E-state index contributed by atoms with van der Waals surface area (Å²) < 4.78 is 4.86. The zero-order chi connectivity index (χ0) is 16.5. The maximum absolute atomic E-state index is 11.9. The number of nitrogens with one attached hydrogen (secondary N) is 2. The number of esters is 1. The number of carbonyl (C=O) groups excluding carboxylic acids is 3. The number of rotatable bonds is 7. The van der Waals surface area contributed by atoms with Crippen molar-refractivity contribution in [1.29, 1.82) is 0 Å². The molecule has 1 atom stereocenters. The number of carbonyl (C=O) groups is 3. The summed E-state index contributed by atoms with van der Waals surface area (Å²) in [6, 6.07) is -0.121. The molecule has 22 heavy (non-hydrogen) atoms. The zero-order valence-electron chi connectivity index (χ0n) is 12.4. The molecule has 9 heteroatoms. The molecule has 0 radical (unpaired) electrons. The van der Waals surface area contributed by atoms with Crippen LogP contribution in [-0.4, -0.2) is 40.5 Å². The van der Waals surface area contributed by atoms with Crippen LogP contribution in [0.2, 0.25) is 0 Å². The average Bonchev–Trinajstić information content (AvgIpc) is 2.44. The van der Waals surface area contributed by atoms with Crippen LogP contribution in [0.3, 0.4) is 0 Å². The molecule has 0 aromatic carbocycles. The van der Waals surface area contributed by atoms with Gasteiger partial charge < -0.3 is 15.8 Å². The molecule has 0 aliphatic heterocycles. The number of urea groups is 1. The minimum atomic E-state index is -0.890. The Morgan fingerprint density at radius 1 is 1.27 bits per heavy atom. The van der Waals surface area contributed by atoms with Gasteiger partial charge in [0.15, 0.2) is 6.61 Å². The fraction of sp³-hybridized carbons (Fsp3) is 0.462. The van der Waals surface area contributed by atoms with Crippen LogP contribution in [0, 0.1) is 5.92 Å². The van der Waals surface area contributed by atoms with Crippen molar-refractivity contribution >= 4 is 23.9 Å². The van der Waals surface area contributed by atoms with Crippen LogP contribution in [0.15, 0.2) is 18.5 Å². The molecule has 0 saturated carbocycles. The third-order valence-electron chi connectivity index (χ3n) is 2.47. The lowest BCUT2D eigenvalue weighted by Gasteiger charge is -2.17. The summed E-state index contributed by atoms with van der Waals surface area (Å²) in [5, 5.41) is 4.66. The van der Waals surface area contributed by atoms with Gasteiger partial charge in [0.25, 0.3) is 5.91 Å². The molecular weight excluding hydrogens is 290 g/mol. The number of amides is 3. The maximum Gasteiger partial charge on any atom is 0.329 e. The second-order valence-electron chi connectivity index (χ2n) is 4.92. The molecule has 0 spiro atoms. The van der Waals surface area contributed by atoms with Crippen molar-refractivity contribution in [2.45, 2.75) is 26.3 Å². The van der Waals surface area contributed by atoms with E-state index in [1.165, 1.54) is 12.4 Å². The Morgan fingerprint density at radius 3 is 2.45 bits per heavy atom. The minimum Gasteiger partial charge on any atom is -0.454 e. The number of ether oxygens (including phenoxy) is 1. The van der Waals surface area contributed by atoms with Gasteiger partial charge in [-0.2, -0.15) is 0 Å². The van der Waals surface area contributed by atoms with E-state index in [1.807, 2.05) is 13.8 Å². The summed E-state index contributed by atoms with van der Waals surface area (Å²) in [6.45, 7) is 3.25. The van der Waals surface area contributed by atoms with E-state index in [9.17, 15) is 14.4 Å². The molecule has 0 bridgehead atoms. The van der Waals surface area contributed by atoms with E-state index in [0.29, 0.717) is 6.42 Å².